The Morgan fingerprint density at radius 2 is 1.90 bits per heavy atom. The van der Waals surface area contributed by atoms with E-state index in [1.165, 1.54) is 16.3 Å². The maximum Gasteiger partial charge on any atom is 0.198 e. The first-order valence-electron chi connectivity index (χ1n) is 7.24. The van der Waals surface area contributed by atoms with Crippen LogP contribution in [0.1, 0.15) is 30.5 Å². The SMILES string of the molecule is CCCNC(c1ccc2ccccc2c1)c1ccoc1Cl. The van der Waals surface area contributed by atoms with E-state index in [1.807, 2.05) is 6.07 Å². The zero-order valence-corrected chi connectivity index (χ0v) is 12.7. The molecule has 0 radical (unpaired) electrons. The third-order valence-corrected chi connectivity index (χ3v) is 3.97. The highest BCUT2D eigenvalue weighted by molar-refractivity contribution is 6.29. The number of fused-ring (bicyclic) bond motifs is 1. The van der Waals surface area contributed by atoms with Gasteiger partial charge in [0.2, 0.25) is 0 Å². The Labute approximate surface area is 129 Å². The van der Waals surface area contributed by atoms with Gasteiger partial charge in [-0.25, -0.2) is 0 Å². The van der Waals surface area contributed by atoms with Crippen molar-refractivity contribution < 1.29 is 4.42 Å². The van der Waals surface area contributed by atoms with Gasteiger partial charge in [0, 0.05) is 5.56 Å². The van der Waals surface area contributed by atoms with Crippen molar-refractivity contribution in [3.05, 3.63) is 71.1 Å². The van der Waals surface area contributed by atoms with E-state index in [0.29, 0.717) is 5.22 Å². The van der Waals surface area contributed by atoms with Crippen LogP contribution in [0.4, 0.5) is 0 Å². The van der Waals surface area contributed by atoms with Gasteiger partial charge in [0.05, 0.1) is 12.3 Å². The van der Waals surface area contributed by atoms with Gasteiger partial charge in [-0.15, -0.1) is 0 Å². The van der Waals surface area contributed by atoms with E-state index < -0.39 is 0 Å². The zero-order chi connectivity index (χ0) is 14.7. The van der Waals surface area contributed by atoms with Gasteiger partial charge in [-0.3, -0.25) is 0 Å². The highest BCUT2D eigenvalue weighted by Gasteiger charge is 2.18. The number of nitrogens with one attached hydrogen (secondary N) is 1. The second-order valence-corrected chi connectivity index (χ2v) is 5.49. The van der Waals surface area contributed by atoms with Crippen LogP contribution < -0.4 is 5.32 Å². The molecule has 3 aromatic rings. The van der Waals surface area contributed by atoms with E-state index in [2.05, 4.69) is 54.7 Å². The Morgan fingerprint density at radius 1 is 1.10 bits per heavy atom. The summed E-state index contributed by atoms with van der Waals surface area (Å²) in [4.78, 5) is 0. The lowest BCUT2D eigenvalue weighted by atomic mass is 9.98. The second-order valence-electron chi connectivity index (χ2n) is 5.14. The Kier molecular flexibility index (Phi) is 4.28. The average Bonchev–Trinajstić information content (AvgIpc) is 2.94. The maximum absolute atomic E-state index is 6.17. The van der Waals surface area contributed by atoms with Crippen LogP contribution in [0.5, 0.6) is 0 Å². The van der Waals surface area contributed by atoms with Crippen LogP contribution in [0, 0.1) is 0 Å². The van der Waals surface area contributed by atoms with E-state index in [9.17, 15) is 0 Å². The van der Waals surface area contributed by atoms with Crippen molar-refractivity contribution in [2.24, 2.45) is 0 Å². The molecular formula is C18H18ClNO. The summed E-state index contributed by atoms with van der Waals surface area (Å²) in [5.41, 5.74) is 2.19. The first-order valence-corrected chi connectivity index (χ1v) is 7.62. The molecule has 2 aromatic carbocycles. The summed E-state index contributed by atoms with van der Waals surface area (Å²) in [6.45, 7) is 3.08. The molecule has 0 aliphatic rings. The summed E-state index contributed by atoms with van der Waals surface area (Å²) >= 11 is 6.17. The zero-order valence-electron chi connectivity index (χ0n) is 12.0. The minimum Gasteiger partial charge on any atom is -0.453 e. The van der Waals surface area contributed by atoms with Crippen molar-refractivity contribution in [1.29, 1.82) is 0 Å². The van der Waals surface area contributed by atoms with Gasteiger partial charge in [-0.05, 0) is 53.0 Å². The molecule has 1 unspecified atom stereocenters. The van der Waals surface area contributed by atoms with Gasteiger partial charge in [-0.1, -0.05) is 43.3 Å². The second kappa shape index (κ2) is 6.33. The lowest BCUT2D eigenvalue weighted by Crippen LogP contribution is -2.23. The van der Waals surface area contributed by atoms with Gasteiger partial charge >= 0.3 is 0 Å². The summed E-state index contributed by atoms with van der Waals surface area (Å²) in [7, 11) is 0. The molecule has 1 N–H and O–H groups in total. The van der Waals surface area contributed by atoms with E-state index >= 15 is 0 Å². The highest BCUT2D eigenvalue weighted by atomic mass is 35.5. The molecule has 108 valence electrons. The first kappa shape index (κ1) is 14.2. The van der Waals surface area contributed by atoms with Crippen LogP contribution in [0.15, 0.2) is 59.2 Å². The lowest BCUT2D eigenvalue weighted by molar-refractivity contribution is 0.550. The fraction of sp³-hybridized carbons (Fsp3) is 0.222. The number of benzene rings is 2. The highest BCUT2D eigenvalue weighted by Crippen LogP contribution is 2.30. The molecule has 0 fully saturated rings. The van der Waals surface area contributed by atoms with Crippen molar-refractivity contribution in [3.8, 4) is 0 Å². The molecule has 21 heavy (non-hydrogen) atoms. The van der Waals surface area contributed by atoms with Gasteiger partial charge in [0.25, 0.3) is 0 Å². The van der Waals surface area contributed by atoms with E-state index in [1.54, 1.807) is 6.26 Å². The molecule has 0 saturated heterocycles. The topological polar surface area (TPSA) is 25.2 Å². The molecule has 0 aliphatic heterocycles. The monoisotopic (exact) mass is 299 g/mol. The predicted molar refractivity (Wildman–Crippen MR) is 87.8 cm³/mol. The molecule has 1 atom stereocenters. The number of hydrogen-bond donors (Lipinski definition) is 1. The van der Waals surface area contributed by atoms with Gasteiger partial charge < -0.3 is 9.73 Å². The smallest absolute Gasteiger partial charge is 0.198 e. The van der Waals surface area contributed by atoms with E-state index in [4.69, 9.17) is 16.0 Å². The minimum absolute atomic E-state index is 0.0563. The number of rotatable bonds is 5. The van der Waals surface area contributed by atoms with Gasteiger partial charge in [0.15, 0.2) is 5.22 Å². The summed E-state index contributed by atoms with van der Waals surface area (Å²) in [5, 5.41) is 6.48. The third-order valence-electron chi connectivity index (χ3n) is 3.66. The summed E-state index contributed by atoms with van der Waals surface area (Å²) < 4.78 is 5.26. The fourth-order valence-corrected chi connectivity index (χ4v) is 2.82. The third kappa shape index (κ3) is 2.97. The van der Waals surface area contributed by atoms with E-state index in [-0.39, 0.29) is 6.04 Å². The Bertz CT molecular complexity index is 735. The van der Waals surface area contributed by atoms with Crippen molar-refractivity contribution in [2.45, 2.75) is 19.4 Å². The van der Waals surface area contributed by atoms with Crippen LogP contribution in [-0.2, 0) is 0 Å². The maximum atomic E-state index is 6.17. The largest absolute Gasteiger partial charge is 0.453 e. The molecular weight excluding hydrogens is 282 g/mol. The molecule has 1 heterocycles. The van der Waals surface area contributed by atoms with Crippen LogP contribution >= 0.6 is 11.6 Å². The standard InChI is InChI=1S/C18H18ClNO/c1-2-10-20-17(16-9-11-21-18(16)19)15-8-7-13-5-3-4-6-14(13)12-15/h3-9,11-12,17,20H,2,10H2,1H3. The first-order chi connectivity index (χ1) is 10.3. The molecule has 0 bridgehead atoms. The summed E-state index contributed by atoms with van der Waals surface area (Å²) in [6, 6.07) is 16.9. The number of hydrogen-bond acceptors (Lipinski definition) is 2. The normalized spacial score (nSPS) is 12.7. The molecule has 0 amide bonds. The van der Waals surface area contributed by atoms with Crippen LogP contribution in [-0.4, -0.2) is 6.54 Å². The lowest BCUT2D eigenvalue weighted by Gasteiger charge is -2.18. The molecule has 3 rings (SSSR count). The molecule has 3 heteroatoms. The van der Waals surface area contributed by atoms with Gasteiger partial charge in [0.1, 0.15) is 0 Å². The predicted octanol–water partition coefficient (Wildman–Crippen LogP) is 5.18. The molecule has 0 aliphatic carbocycles. The Morgan fingerprint density at radius 3 is 2.62 bits per heavy atom. The molecule has 0 spiro atoms. The molecule has 0 saturated carbocycles. The number of furan rings is 1. The number of halogens is 1. The van der Waals surface area contributed by atoms with Crippen LogP contribution in [0.3, 0.4) is 0 Å². The van der Waals surface area contributed by atoms with E-state index in [0.717, 1.165) is 18.5 Å². The molecule has 1 aromatic heterocycles. The van der Waals surface area contributed by atoms with Crippen molar-refractivity contribution in [3.63, 3.8) is 0 Å². The fourth-order valence-electron chi connectivity index (χ4n) is 2.59. The van der Waals surface area contributed by atoms with Crippen molar-refractivity contribution >= 4 is 22.4 Å². The van der Waals surface area contributed by atoms with Crippen molar-refractivity contribution in [2.75, 3.05) is 6.54 Å². The summed E-state index contributed by atoms with van der Waals surface area (Å²) in [5.74, 6) is 0. The summed E-state index contributed by atoms with van der Waals surface area (Å²) in [6.07, 6.45) is 2.71. The van der Waals surface area contributed by atoms with Crippen molar-refractivity contribution in [1.82, 2.24) is 5.32 Å². The van der Waals surface area contributed by atoms with Crippen LogP contribution in [0.25, 0.3) is 10.8 Å². The van der Waals surface area contributed by atoms with Crippen LogP contribution in [0.2, 0.25) is 5.22 Å². The average molecular weight is 300 g/mol. The minimum atomic E-state index is 0.0563. The van der Waals surface area contributed by atoms with Gasteiger partial charge in [-0.2, -0.15) is 0 Å². The Hall–Kier alpha value is -1.77. The molecule has 2 nitrogen and oxygen atoms in total. The Balaban J connectivity index is 2.03. The quantitative estimate of drug-likeness (QED) is 0.702.